The number of halogens is 2. The van der Waals surface area contributed by atoms with E-state index in [4.69, 9.17) is 0 Å². The van der Waals surface area contributed by atoms with E-state index in [1.54, 1.807) is 0 Å². The van der Waals surface area contributed by atoms with E-state index >= 15 is 0 Å². The molecule has 4 heteroatoms. The van der Waals surface area contributed by atoms with Gasteiger partial charge in [-0.15, -0.1) is 0 Å². The van der Waals surface area contributed by atoms with Crippen molar-refractivity contribution in [2.75, 3.05) is 26.2 Å². The van der Waals surface area contributed by atoms with Gasteiger partial charge in [0.15, 0.2) is 0 Å². The lowest BCUT2D eigenvalue weighted by Crippen LogP contribution is -2.47. The highest BCUT2D eigenvalue weighted by atomic mass is 79.9. The van der Waals surface area contributed by atoms with Gasteiger partial charge in [-0.05, 0) is 42.5 Å². The summed E-state index contributed by atoms with van der Waals surface area (Å²) in [5.41, 5.74) is 1.46. The summed E-state index contributed by atoms with van der Waals surface area (Å²) in [4.78, 5) is 2.67. The van der Waals surface area contributed by atoms with Crippen molar-refractivity contribution in [3.05, 3.63) is 32.7 Å². The van der Waals surface area contributed by atoms with Crippen LogP contribution < -0.4 is 5.32 Å². The smallest absolute Gasteiger partial charge is 0.0388 e. The molecule has 0 radical (unpaired) electrons. The number of hydrogen-bond acceptors (Lipinski definition) is 2. The highest BCUT2D eigenvalue weighted by Gasteiger charge is 2.34. The van der Waals surface area contributed by atoms with Gasteiger partial charge in [0.1, 0.15) is 0 Å². The molecule has 2 fully saturated rings. The molecule has 1 saturated heterocycles. The lowest BCUT2D eigenvalue weighted by molar-refractivity contribution is 0.0832. The molecule has 0 unspecified atom stereocenters. The molecule has 19 heavy (non-hydrogen) atoms. The van der Waals surface area contributed by atoms with E-state index in [1.807, 2.05) is 0 Å². The predicted molar refractivity (Wildman–Crippen MR) is 86.4 cm³/mol. The molecule has 1 aliphatic heterocycles. The minimum atomic E-state index is 0.586. The third-order valence-electron chi connectivity index (χ3n) is 4.42. The van der Waals surface area contributed by atoms with Crippen LogP contribution in [-0.2, 0) is 0 Å². The van der Waals surface area contributed by atoms with E-state index in [0.717, 1.165) is 19.0 Å². The largest absolute Gasteiger partial charge is 0.314 e. The summed E-state index contributed by atoms with van der Waals surface area (Å²) in [5.74, 6) is 0.837. The molecule has 2 aliphatic rings. The van der Waals surface area contributed by atoms with E-state index in [0.29, 0.717) is 6.04 Å². The number of rotatable bonds is 3. The number of nitrogens with one attached hydrogen (secondary N) is 1. The molecule has 0 spiro atoms. The van der Waals surface area contributed by atoms with Crippen molar-refractivity contribution >= 4 is 31.9 Å². The van der Waals surface area contributed by atoms with Crippen molar-refractivity contribution in [3.8, 4) is 0 Å². The highest BCUT2D eigenvalue weighted by Crippen LogP contribution is 2.44. The fourth-order valence-electron chi connectivity index (χ4n) is 3.21. The monoisotopic (exact) mass is 386 g/mol. The van der Waals surface area contributed by atoms with Crippen LogP contribution >= 0.6 is 31.9 Å². The molecular weight excluding hydrogens is 368 g/mol. The van der Waals surface area contributed by atoms with E-state index in [9.17, 15) is 0 Å². The van der Waals surface area contributed by atoms with Crippen LogP contribution in [0.3, 0.4) is 0 Å². The normalized spacial score (nSPS) is 23.1. The first-order valence-electron chi connectivity index (χ1n) is 7.15. The number of benzene rings is 1. The quantitative estimate of drug-likeness (QED) is 0.844. The van der Waals surface area contributed by atoms with Crippen LogP contribution in [0.4, 0.5) is 0 Å². The van der Waals surface area contributed by atoms with E-state index in [-0.39, 0.29) is 0 Å². The first kappa shape index (κ1) is 14.1. The molecule has 1 N–H and O–H groups in total. The number of nitrogens with zero attached hydrogens (tertiary/aromatic N) is 1. The van der Waals surface area contributed by atoms with Crippen molar-refractivity contribution in [2.24, 2.45) is 5.92 Å². The van der Waals surface area contributed by atoms with Crippen LogP contribution in [0, 0.1) is 5.92 Å². The van der Waals surface area contributed by atoms with Crippen molar-refractivity contribution in [1.29, 1.82) is 0 Å². The van der Waals surface area contributed by atoms with Gasteiger partial charge in [-0.2, -0.15) is 0 Å². The van der Waals surface area contributed by atoms with Gasteiger partial charge in [0.2, 0.25) is 0 Å². The summed E-state index contributed by atoms with van der Waals surface area (Å²) in [6, 6.07) is 7.17. The molecule has 1 aliphatic carbocycles. The second kappa shape index (κ2) is 6.25. The summed E-state index contributed by atoms with van der Waals surface area (Å²) in [6.45, 7) is 4.57. The van der Waals surface area contributed by atoms with Gasteiger partial charge in [-0.25, -0.2) is 0 Å². The van der Waals surface area contributed by atoms with E-state index in [1.165, 1.54) is 46.9 Å². The Kier molecular flexibility index (Phi) is 4.62. The Morgan fingerprint density at radius 1 is 1.16 bits per heavy atom. The van der Waals surface area contributed by atoms with Crippen LogP contribution in [0.1, 0.15) is 30.9 Å². The molecule has 1 saturated carbocycles. The second-order valence-electron chi connectivity index (χ2n) is 5.59. The summed E-state index contributed by atoms with van der Waals surface area (Å²) >= 11 is 7.38. The number of hydrogen-bond donors (Lipinski definition) is 1. The zero-order chi connectivity index (χ0) is 13.2. The van der Waals surface area contributed by atoms with Crippen molar-refractivity contribution < 1.29 is 0 Å². The standard InChI is InChI=1S/C15H20Br2N2/c16-12-4-5-14(17)13(10-12)15(11-2-1-3-11)19-8-6-18-7-9-19/h4-5,10-11,15,18H,1-3,6-9H2/t15-/m0/s1. The van der Waals surface area contributed by atoms with E-state index in [2.05, 4.69) is 60.3 Å². The highest BCUT2D eigenvalue weighted by molar-refractivity contribution is 9.11. The number of piperazine rings is 1. The van der Waals surface area contributed by atoms with Crippen molar-refractivity contribution in [1.82, 2.24) is 10.2 Å². The fourth-order valence-corrected chi connectivity index (χ4v) is 4.07. The fraction of sp³-hybridized carbons (Fsp3) is 0.600. The maximum Gasteiger partial charge on any atom is 0.0388 e. The van der Waals surface area contributed by atoms with Crippen LogP contribution in [0.25, 0.3) is 0 Å². The first-order chi connectivity index (χ1) is 9.25. The van der Waals surface area contributed by atoms with Crippen LogP contribution in [0.2, 0.25) is 0 Å². The van der Waals surface area contributed by atoms with Gasteiger partial charge in [0.25, 0.3) is 0 Å². The summed E-state index contributed by atoms with van der Waals surface area (Å²) in [5, 5.41) is 3.46. The minimum Gasteiger partial charge on any atom is -0.314 e. The predicted octanol–water partition coefficient (Wildman–Crippen LogP) is 3.96. The minimum absolute atomic E-state index is 0.586. The second-order valence-corrected chi connectivity index (χ2v) is 7.36. The molecular formula is C15H20Br2N2. The zero-order valence-electron chi connectivity index (χ0n) is 11.0. The van der Waals surface area contributed by atoms with Gasteiger partial charge >= 0.3 is 0 Å². The molecule has 2 nitrogen and oxygen atoms in total. The SMILES string of the molecule is Brc1ccc(Br)c([C@H](C2CCC2)N2CCNCC2)c1. The summed E-state index contributed by atoms with van der Waals surface area (Å²) in [7, 11) is 0. The van der Waals surface area contributed by atoms with E-state index < -0.39 is 0 Å². The lowest BCUT2D eigenvalue weighted by atomic mass is 9.76. The summed E-state index contributed by atoms with van der Waals surface area (Å²) < 4.78 is 2.44. The Balaban J connectivity index is 1.90. The van der Waals surface area contributed by atoms with Crippen LogP contribution in [0.15, 0.2) is 27.1 Å². The molecule has 3 rings (SSSR count). The van der Waals surface area contributed by atoms with Crippen molar-refractivity contribution in [2.45, 2.75) is 25.3 Å². The maximum absolute atomic E-state index is 3.76. The zero-order valence-corrected chi connectivity index (χ0v) is 14.2. The van der Waals surface area contributed by atoms with Gasteiger partial charge < -0.3 is 5.32 Å². The molecule has 104 valence electrons. The topological polar surface area (TPSA) is 15.3 Å². The van der Waals surface area contributed by atoms with Gasteiger partial charge in [-0.1, -0.05) is 38.3 Å². The van der Waals surface area contributed by atoms with Gasteiger partial charge in [0, 0.05) is 41.2 Å². The Morgan fingerprint density at radius 3 is 2.53 bits per heavy atom. The first-order valence-corrected chi connectivity index (χ1v) is 8.74. The molecule has 0 amide bonds. The third kappa shape index (κ3) is 3.07. The Bertz CT molecular complexity index is 440. The third-order valence-corrected chi connectivity index (χ3v) is 5.63. The molecule has 1 aromatic rings. The molecule has 0 aromatic heterocycles. The molecule has 1 aromatic carbocycles. The molecule has 1 heterocycles. The van der Waals surface area contributed by atoms with Gasteiger partial charge in [0.05, 0.1) is 0 Å². The lowest BCUT2D eigenvalue weighted by Gasteiger charge is -2.43. The van der Waals surface area contributed by atoms with Crippen molar-refractivity contribution in [3.63, 3.8) is 0 Å². The average molecular weight is 388 g/mol. The Morgan fingerprint density at radius 2 is 1.89 bits per heavy atom. The van der Waals surface area contributed by atoms with Crippen LogP contribution in [0.5, 0.6) is 0 Å². The maximum atomic E-state index is 3.76. The van der Waals surface area contributed by atoms with Crippen LogP contribution in [-0.4, -0.2) is 31.1 Å². The van der Waals surface area contributed by atoms with Gasteiger partial charge in [-0.3, -0.25) is 4.90 Å². The Hall–Kier alpha value is 0.1000. The average Bonchev–Trinajstić information content (AvgIpc) is 2.38. The summed E-state index contributed by atoms with van der Waals surface area (Å²) in [6.07, 6.45) is 4.17. The molecule has 0 bridgehead atoms. The molecule has 1 atom stereocenters. The Labute approximate surface area is 132 Å².